The van der Waals surface area contributed by atoms with Crippen molar-refractivity contribution in [2.45, 2.75) is 61.4 Å². The number of nitrogens with zero attached hydrogens (tertiary/aromatic N) is 2. The van der Waals surface area contributed by atoms with Crippen molar-refractivity contribution < 1.29 is 9.53 Å². The van der Waals surface area contributed by atoms with Gasteiger partial charge in [-0.15, -0.1) is 0 Å². The second-order valence-corrected chi connectivity index (χ2v) is 9.94. The zero-order valence-electron chi connectivity index (χ0n) is 18.0. The maximum absolute atomic E-state index is 13.0. The number of carbonyl (C=O) groups excluding carboxylic acids is 1. The second kappa shape index (κ2) is 10.8. The number of benzene rings is 1. The molecular formula is C25H26Cl2N2O2S. The Labute approximate surface area is 203 Å². The first-order valence-electron chi connectivity index (χ1n) is 11.0. The fourth-order valence-electron chi connectivity index (χ4n) is 4.33. The predicted molar refractivity (Wildman–Crippen MR) is 130 cm³/mol. The number of hydrogen-bond acceptors (Lipinski definition) is 4. The van der Waals surface area contributed by atoms with Gasteiger partial charge in [-0.05, 0) is 61.6 Å². The van der Waals surface area contributed by atoms with Crippen LogP contribution in [0.3, 0.4) is 0 Å². The third-order valence-corrected chi connectivity index (χ3v) is 7.28. The molecule has 0 amide bonds. The number of esters is 1. The van der Waals surface area contributed by atoms with Crippen LogP contribution in [-0.2, 0) is 11.3 Å². The maximum atomic E-state index is 13.0. The van der Waals surface area contributed by atoms with Gasteiger partial charge in [0, 0.05) is 45.6 Å². The van der Waals surface area contributed by atoms with Crippen molar-refractivity contribution >= 4 is 40.9 Å². The van der Waals surface area contributed by atoms with Crippen molar-refractivity contribution in [2.24, 2.45) is 0 Å². The zero-order chi connectivity index (χ0) is 22.5. The van der Waals surface area contributed by atoms with E-state index in [0.29, 0.717) is 34.7 Å². The summed E-state index contributed by atoms with van der Waals surface area (Å²) < 4.78 is 7.61. The SMILES string of the molecule is CCOC(=O)c1cn(Cc2ccncc2)c(Sc2cc(Cl)cc(Cl)c2)c1C1CCCCC1. The van der Waals surface area contributed by atoms with Crippen molar-refractivity contribution in [1.29, 1.82) is 0 Å². The number of pyridine rings is 1. The molecule has 0 unspecified atom stereocenters. The average Bonchev–Trinajstić information content (AvgIpc) is 3.12. The Morgan fingerprint density at radius 3 is 2.47 bits per heavy atom. The van der Waals surface area contributed by atoms with Crippen LogP contribution < -0.4 is 0 Å². The van der Waals surface area contributed by atoms with E-state index in [4.69, 9.17) is 27.9 Å². The molecule has 0 spiro atoms. The van der Waals surface area contributed by atoms with E-state index in [1.165, 1.54) is 19.3 Å². The van der Waals surface area contributed by atoms with Gasteiger partial charge in [0.15, 0.2) is 0 Å². The van der Waals surface area contributed by atoms with E-state index in [1.807, 2.05) is 37.4 Å². The lowest BCUT2D eigenvalue weighted by Crippen LogP contribution is -2.12. The Hall–Kier alpha value is -1.95. The normalized spacial score (nSPS) is 14.5. The zero-order valence-corrected chi connectivity index (χ0v) is 20.3. The summed E-state index contributed by atoms with van der Waals surface area (Å²) in [6, 6.07) is 9.55. The van der Waals surface area contributed by atoms with Crippen LogP contribution in [-0.4, -0.2) is 22.1 Å². The predicted octanol–water partition coefficient (Wildman–Crippen LogP) is 7.61. The molecule has 7 heteroatoms. The third-order valence-electron chi connectivity index (χ3n) is 5.73. The summed E-state index contributed by atoms with van der Waals surface area (Å²) in [4.78, 5) is 18.1. The third kappa shape index (κ3) is 5.51. The van der Waals surface area contributed by atoms with Gasteiger partial charge < -0.3 is 9.30 Å². The van der Waals surface area contributed by atoms with Gasteiger partial charge in [0.2, 0.25) is 0 Å². The molecule has 0 atom stereocenters. The molecule has 0 saturated heterocycles. The van der Waals surface area contributed by atoms with E-state index in [0.717, 1.165) is 33.9 Å². The number of carbonyl (C=O) groups is 1. The molecule has 1 fully saturated rings. The van der Waals surface area contributed by atoms with Gasteiger partial charge in [-0.1, -0.05) is 54.2 Å². The van der Waals surface area contributed by atoms with Gasteiger partial charge in [-0.3, -0.25) is 4.98 Å². The molecule has 1 aromatic carbocycles. The summed E-state index contributed by atoms with van der Waals surface area (Å²) in [5, 5.41) is 2.24. The minimum atomic E-state index is -0.257. The summed E-state index contributed by atoms with van der Waals surface area (Å²) in [5.74, 6) is 0.0755. The fraction of sp³-hybridized carbons (Fsp3) is 0.360. The Morgan fingerprint density at radius 1 is 1.12 bits per heavy atom. The summed E-state index contributed by atoms with van der Waals surface area (Å²) in [6.07, 6.45) is 11.3. The molecule has 0 radical (unpaired) electrons. The molecule has 0 aliphatic heterocycles. The maximum Gasteiger partial charge on any atom is 0.340 e. The Morgan fingerprint density at radius 2 is 1.81 bits per heavy atom. The van der Waals surface area contributed by atoms with E-state index in [-0.39, 0.29) is 5.97 Å². The first-order valence-corrected chi connectivity index (χ1v) is 12.6. The largest absolute Gasteiger partial charge is 0.462 e. The molecule has 32 heavy (non-hydrogen) atoms. The molecule has 0 bridgehead atoms. The first kappa shape index (κ1) is 23.2. The Balaban J connectivity index is 1.83. The van der Waals surface area contributed by atoms with Gasteiger partial charge in [0.05, 0.1) is 17.2 Å². The van der Waals surface area contributed by atoms with Crippen LogP contribution >= 0.6 is 35.0 Å². The minimum absolute atomic E-state index is 0.257. The molecule has 2 aromatic heterocycles. The summed E-state index contributed by atoms with van der Waals surface area (Å²) in [7, 11) is 0. The lowest BCUT2D eigenvalue weighted by molar-refractivity contribution is 0.0524. The first-order chi connectivity index (χ1) is 15.5. The van der Waals surface area contributed by atoms with E-state index in [9.17, 15) is 4.79 Å². The standard InChI is InChI=1S/C25H26Cl2N2O2S/c1-2-31-25(30)22-16-29(15-17-8-10-28-11-9-17)24(23(22)18-6-4-3-5-7-18)32-21-13-19(26)12-20(27)14-21/h8-14,16,18H,2-7,15H2,1H3. The van der Waals surface area contributed by atoms with Crippen LogP contribution in [0.5, 0.6) is 0 Å². The molecule has 1 aliphatic carbocycles. The smallest absolute Gasteiger partial charge is 0.340 e. The van der Waals surface area contributed by atoms with Crippen LogP contribution in [0.25, 0.3) is 0 Å². The average molecular weight is 489 g/mol. The van der Waals surface area contributed by atoms with E-state index in [1.54, 1.807) is 30.2 Å². The number of hydrogen-bond donors (Lipinski definition) is 0. The van der Waals surface area contributed by atoms with Crippen LogP contribution in [0.2, 0.25) is 10.0 Å². The van der Waals surface area contributed by atoms with Crippen molar-refractivity contribution in [3.8, 4) is 0 Å². The fourth-order valence-corrected chi connectivity index (χ4v) is 6.20. The van der Waals surface area contributed by atoms with Gasteiger partial charge >= 0.3 is 5.97 Å². The number of rotatable bonds is 7. The van der Waals surface area contributed by atoms with E-state index in [2.05, 4.69) is 9.55 Å². The molecule has 0 N–H and O–H groups in total. The van der Waals surface area contributed by atoms with Gasteiger partial charge in [0.1, 0.15) is 0 Å². The van der Waals surface area contributed by atoms with Crippen molar-refractivity contribution in [3.63, 3.8) is 0 Å². The molecule has 1 aliphatic rings. The molecule has 4 nitrogen and oxygen atoms in total. The quantitative estimate of drug-likeness (QED) is 0.320. The highest BCUT2D eigenvalue weighted by Gasteiger charge is 2.29. The van der Waals surface area contributed by atoms with Crippen molar-refractivity contribution in [2.75, 3.05) is 6.61 Å². The highest BCUT2D eigenvalue weighted by Crippen LogP contribution is 2.44. The summed E-state index contributed by atoms with van der Waals surface area (Å²) >= 11 is 14.2. The van der Waals surface area contributed by atoms with E-state index >= 15 is 0 Å². The van der Waals surface area contributed by atoms with Gasteiger partial charge in [-0.25, -0.2) is 4.79 Å². The lowest BCUT2D eigenvalue weighted by atomic mass is 9.83. The Bertz CT molecular complexity index is 1060. The van der Waals surface area contributed by atoms with Crippen LogP contribution in [0.15, 0.2) is 58.8 Å². The number of ether oxygens (including phenoxy) is 1. The van der Waals surface area contributed by atoms with Crippen molar-refractivity contribution in [1.82, 2.24) is 9.55 Å². The lowest BCUT2D eigenvalue weighted by Gasteiger charge is -2.24. The topological polar surface area (TPSA) is 44.1 Å². The molecule has 3 aromatic rings. The molecule has 168 valence electrons. The molecule has 4 rings (SSSR count). The molecular weight excluding hydrogens is 463 g/mol. The Kier molecular flexibility index (Phi) is 7.82. The van der Waals surface area contributed by atoms with Crippen LogP contribution in [0.4, 0.5) is 0 Å². The number of halogens is 2. The number of aromatic nitrogens is 2. The van der Waals surface area contributed by atoms with Crippen molar-refractivity contribution in [3.05, 3.63) is 75.7 Å². The summed E-state index contributed by atoms with van der Waals surface area (Å²) in [6.45, 7) is 2.83. The van der Waals surface area contributed by atoms with E-state index < -0.39 is 0 Å². The molecule has 1 saturated carbocycles. The second-order valence-electron chi connectivity index (χ2n) is 8.01. The monoisotopic (exact) mass is 488 g/mol. The molecule has 2 heterocycles. The summed E-state index contributed by atoms with van der Waals surface area (Å²) in [5.41, 5.74) is 2.88. The highest BCUT2D eigenvalue weighted by atomic mass is 35.5. The highest BCUT2D eigenvalue weighted by molar-refractivity contribution is 7.99. The minimum Gasteiger partial charge on any atom is -0.462 e. The van der Waals surface area contributed by atoms with Gasteiger partial charge in [-0.2, -0.15) is 0 Å². The van der Waals surface area contributed by atoms with Crippen LogP contribution in [0, 0.1) is 0 Å². The van der Waals surface area contributed by atoms with Gasteiger partial charge in [0.25, 0.3) is 0 Å². The van der Waals surface area contributed by atoms with Crippen LogP contribution in [0.1, 0.15) is 66.4 Å².